The Balaban J connectivity index is 0.00000300. The molecule has 0 aliphatic heterocycles. The SMILES string of the molecule is CCNC(=NCc1cccc(Cn2ccnc2C)c1)N(C)Cc1cccn1C.I. The monoisotopic (exact) mass is 506 g/mol. The summed E-state index contributed by atoms with van der Waals surface area (Å²) in [7, 11) is 4.15. The molecule has 7 heteroatoms. The number of nitrogens with zero attached hydrogens (tertiary/aromatic N) is 5. The van der Waals surface area contributed by atoms with Gasteiger partial charge in [0.05, 0.1) is 13.1 Å². The summed E-state index contributed by atoms with van der Waals surface area (Å²) in [4.78, 5) is 11.3. The zero-order valence-corrected chi connectivity index (χ0v) is 20.0. The lowest BCUT2D eigenvalue weighted by molar-refractivity contribution is 0.462. The molecule has 2 heterocycles. The highest BCUT2D eigenvalue weighted by Gasteiger charge is 2.08. The number of nitrogens with one attached hydrogen (secondary N) is 1. The Bertz CT molecular complexity index is 927. The van der Waals surface area contributed by atoms with E-state index in [1.807, 2.05) is 19.3 Å². The molecule has 0 unspecified atom stereocenters. The number of aryl methyl sites for hydroxylation is 2. The van der Waals surface area contributed by atoms with E-state index >= 15 is 0 Å². The third kappa shape index (κ3) is 6.35. The molecule has 0 aliphatic rings. The van der Waals surface area contributed by atoms with Crippen LogP contribution < -0.4 is 5.32 Å². The summed E-state index contributed by atoms with van der Waals surface area (Å²) >= 11 is 0. The van der Waals surface area contributed by atoms with Crippen molar-refractivity contribution in [3.05, 3.63) is 77.6 Å². The van der Waals surface area contributed by atoms with Crippen molar-refractivity contribution in [1.29, 1.82) is 0 Å². The Kier molecular flexibility index (Phi) is 8.75. The number of rotatable bonds is 7. The van der Waals surface area contributed by atoms with E-state index in [-0.39, 0.29) is 24.0 Å². The first-order valence-electron chi connectivity index (χ1n) is 9.72. The van der Waals surface area contributed by atoms with E-state index in [4.69, 9.17) is 4.99 Å². The van der Waals surface area contributed by atoms with E-state index in [9.17, 15) is 0 Å². The highest BCUT2D eigenvalue weighted by Crippen LogP contribution is 2.10. The Morgan fingerprint density at radius 2 is 1.97 bits per heavy atom. The van der Waals surface area contributed by atoms with Gasteiger partial charge >= 0.3 is 0 Å². The summed E-state index contributed by atoms with van der Waals surface area (Å²) in [5.41, 5.74) is 3.72. The molecule has 1 N–H and O–H groups in total. The van der Waals surface area contributed by atoms with Gasteiger partial charge in [0.1, 0.15) is 5.82 Å². The van der Waals surface area contributed by atoms with Crippen molar-refractivity contribution in [1.82, 2.24) is 24.3 Å². The fourth-order valence-electron chi connectivity index (χ4n) is 3.21. The average molecular weight is 506 g/mol. The summed E-state index contributed by atoms with van der Waals surface area (Å²) in [6.07, 6.45) is 5.93. The van der Waals surface area contributed by atoms with Crippen molar-refractivity contribution in [3.63, 3.8) is 0 Å². The molecule has 0 bridgehead atoms. The standard InChI is InChI=1S/C22H30N6.HI/c1-5-23-22(27(4)17-21-10-7-12-26(21)3)25-15-19-8-6-9-20(14-19)16-28-13-11-24-18(28)2;/h6-14H,5,15-17H2,1-4H3,(H,23,25);1H. The van der Waals surface area contributed by atoms with Gasteiger partial charge in [0.25, 0.3) is 0 Å². The van der Waals surface area contributed by atoms with E-state index in [0.29, 0.717) is 6.54 Å². The van der Waals surface area contributed by atoms with Crippen molar-refractivity contribution in [2.75, 3.05) is 13.6 Å². The predicted molar refractivity (Wildman–Crippen MR) is 130 cm³/mol. The molecule has 0 radical (unpaired) electrons. The third-order valence-corrected chi connectivity index (χ3v) is 4.83. The van der Waals surface area contributed by atoms with Crippen molar-refractivity contribution >= 4 is 29.9 Å². The van der Waals surface area contributed by atoms with Crippen molar-refractivity contribution < 1.29 is 0 Å². The topological polar surface area (TPSA) is 50.4 Å². The molecule has 0 amide bonds. The summed E-state index contributed by atoms with van der Waals surface area (Å²) in [5, 5.41) is 3.40. The number of aromatic nitrogens is 3. The number of imidazole rings is 1. The highest BCUT2D eigenvalue weighted by molar-refractivity contribution is 14.0. The minimum atomic E-state index is 0. The van der Waals surface area contributed by atoms with E-state index in [2.05, 4.69) is 87.9 Å². The first kappa shape index (κ1) is 23.0. The van der Waals surface area contributed by atoms with Gasteiger partial charge in [-0.1, -0.05) is 24.3 Å². The number of guanidine groups is 1. The van der Waals surface area contributed by atoms with Crippen LogP contribution in [0, 0.1) is 6.92 Å². The molecule has 6 nitrogen and oxygen atoms in total. The predicted octanol–water partition coefficient (Wildman–Crippen LogP) is 3.79. The molecule has 0 saturated heterocycles. The molecule has 1 aromatic carbocycles. The lowest BCUT2D eigenvalue weighted by Gasteiger charge is -2.22. The zero-order valence-electron chi connectivity index (χ0n) is 17.7. The minimum Gasteiger partial charge on any atom is -0.357 e. The molecular formula is C22H31IN6. The van der Waals surface area contributed by atoms with Gasteiger partial charge in [0.2, 0.25) is 0 Å². The fraction of sp³-hybridized carbons (Fsp3) is 0.364. The number of aliphatic imine (C=N–C) groups is 1. The lowest BCUT2D eigenvalue weighted by Crippen LogP contribution is -2.38. The molecule has 0 atom stereocenters. The quantitative estimate of drug-likeness (QED) is 0.302. The van der Waals surface area contributed by atoms with E-state index in [1.54, 1.807) is 0 Å². The summed E-state index contributed by atoms with van der Waals surface area (Å²) < 4.78 is 4.29. The third-order valence-electron chi connectivity index (χ3n) is 4.83. The van der Waals surface area contributed by atoms with Gasteiger partial charge in [-0.25, -0.2) is 9.98 Å². The smallest absolute Gasteiger partial charge is 0.194 e. The fourth-order valence-corrected chi connectivity index (χ4v) is 3.21. The molecule has 0 aliphatic carbocycles. The van der Waals surface area contributed by atoms with Gasteiger partial charge in [-0.15, -0.1) is 24.0 Å². The second kappa shape index (κ2) is 11.0. The lowest BCUT2D eigenvalue weighted by atomic mass is 10.1. The molecule has 0 fully saturated rings. The van der Waals surface area contributed by atoms with Crippen LogP contribution in [0.5, 0.6) is 0 Å². The summed E-state index contributed by atoms with van der Waals surface area (Å²) in [6.45, 7) is 7.26. The highest BCUT2D eigenvalue weighted by atomic mass is 127. The first-order valence-corrected chi connectivity index (χ1v) is 9.72. The van der Waals surface area contributed by atoms with Gasteiger partial charge in [-0.2, -0.15) is 0 Å². The maximum absolute atomic E-state index is 4.85. The largest absolute Gasteiger partial charge is 0.357 e. The molecule has 0 spiro atoms. The van der Waals surface area contributed by atoms with Crippen LogP contribution >= 0.6 is 24.0 Å². The molecule has 2 aromatic heterocycles. The first-order chi connectivity index (χ1) is 13.6. The van der Waals surface area contributed by atoms with Crippen LogP contribution in [0.3, 0.4) is 0 Å². The number of hydrogen-bond donors (Lipinski definition) is 1. The van der Waals surface area contributed by atoms with Gasteiger partial charge in [-0.05, 0) is 37.1 Å². The van der Waals surface area contributed by atoms with Crippen LogP contribution in [0.4, 0.5) is 0 Å². The van der Waals surface area contributed by atoms with Crippen LogP contribution in [0.2, 0.25) is 0 Å². The van der Waals surface area contributed by atoms with Crippen LogP contribution in [0.25, 0.3) is 0 Å². The summed E-state index contributed by atoms with van der Waals surface area (Å²) in [6, 6.07) is 12.8. The average Bonchev–Trinajstić information content (AvgIpc) is 3.27. The van der Waals surface area contributed by atoms with Crippen LogP contribution in [0.1, 0.15) is 29.6 Å². The van der Waals surface area contributed by atoms with Gasteiger partial charge < -0.3 is 19.4 Å². The summed E-state index contributed by atoms with van der Waals surface area (Å²) in [5.74, 6) is 1.94. The van der Waals surface area contributed by atoms with E-state index < -0.39 is 0 Å². The maximum atomic E-state index is 4.85. The Labute approximate surface area is 190 Å². The second-order valence-electron chi connectivity index (χ2n) is 7.06. The van der Waals surface area contributed by atoms with Crippen LogP contribution in [-0.4, -0.2) is 38.6 Å². The second-order valence-corrected chi connectivity index (χ2v) is 7.06. The Morgan fingerprint density at radius 3 is 2.62 bits per heavy atom. The number of halogens is 1. The van der Waals surface area contributed by atoms with Gasteiger partial charge in [0, 0.05) is 51.5 Å². The molecule has 3 aromatic rings. The molecular weight excluding hydrogens is 475 g/mol. The molecule has 29 heavy (non-hydrogen) atoms. The molecule has 0 saturated carbocycles. The maximum Gasteiger partial charge on any atom is 0.194 e. The van der Waals surface area contributed by atoms with Crippen molar-refractivity contribution in [2.24, 2.45) is 12.0 Å². The Morgan fingerprint density at radius 1 is 1.17 bits per heavy atom. The van der Waals surface area contributed by atoms with Gasteiger partial charge in [-0.3, -0.25) is 0 Å². The van der Waals surface area contributed by atoms with E-state index in [1.165, 1.54) is 16.8 Å². The molecule has 3 rings (SSSR count). The number of benzene rings is 1. The van der Waals surface area contributed by atoms with Crippen molar-refractivity contribution in [2.45, 2.75) is 33.5 Å². The zero-order chi connectivity index (χ0) is 19.9. The Hall–Kier alpha value is -2.29. The minimum absolute atomic E-state index is 0. The van der Waals surface area contributed by atoms with Crippen LogP contribution in [0.15, 0.2) is 60.0 Å². The number of hydrogen-bond acceptors (Lipinski definition) is 2. The normalized spacial score (nSPS) is 11.2. The van der Waals surface area contributed by atoms with E-state index in [0.717, 1.165) is 31.4 Å². The van der Waals surface area contributed by atoms with Crippen molar-refractivity contribution in [3.8, 4) is 0 Å². The van der Waals surface area contributed by atoms with Crippen LogP contribution in [-0.2, 0) is 26.7 Å². The van der Waals surface area contributed by atoms with Gasteiger partial charge in [0.15, 0.2) is 5.96 Å². The molecule has 156 valence electrons.